The Balaban J connectivity index is 1.52. The second kappa shape index (κ2) is 5.98. The topological polar surface area (TPSA) is 49.4 Å². The Morgan fingerprint density at radius 3 is 2.67 bits per heavy atom. The lowest BCUT2D eigenvalue weighted by molar-refractivity contribution is -0.125. The quantitative estimate of drug-likeness (QED) is 0.935. The number of amides is 2. The molecule has 24 heavy (non-hydrogen) atoms. The number of hydrogen-bond acceptors (Lipinski definition) is 3. The predicted molar refractivity (Wildman–Crippen MR) is 94.6 cm³/mol. The minimum absolute atomic E-state index is 0.0310. The van der Waals surface area contributed by atoms with E-state index in [1.165, 1.54) is 0 Å². The van der Waals surface area contributed by atoms with Gasteiger partial charge in [0.1, 0.15) is 11.4 Å². The molecule has 1 fully saturated rings. The van der Waals surface area contributed by atoms with E-state index in [2.05, 4.69) is 5.32 Å². The molecule has 0 aromatic heterocycles. The van der Waals surface area contributed by atoms with Crippen LogP contribution in [-0.2, 0) is 4.79 Å². The number of hydrogen-bond donors (Lipinski definition) is 1. The Kier molecular flexibility index (Phi) is 3.81. The van der Waals surface area contributed by atoms with Gasteiger partial charge in [0.2, 0.25) is 5.91 Å². The van der Waals surface area contributed by atoms with Crippen LogP contribution in [0.15, 0.2) is 54.6 Å². The molecular formula is C19H18N2O2S. The first-order valence-electron chi connectivity index (χ1n) is 8.05. The maximum absolute atomic E-state index is 12.7. The monoisotopic (exact) mass is 338 g/mol. The highest BCUT2D eigenvalue weighted by Crippen LogP contribution is 2.48. The van der Waals surface area contributed by atoms with Crippen LogP contribution in [0.1, 0.15) is 39.8 Å². The fraction of sp³-hybridized carbons (Fsp3) is 0.263. The lowest BCUT2D eigenvalue weighted by atomic mass is 10.1. The molecule has 0 aliphatic carbocycles. The van der Waals surface area contributed by atoms with Crippen molar-refractivity contribution in [2.45, 2.75) is 24.4 Å². The number of fused-ring (bicyclic) bond motifs is 3. The number of benzene rings is 2. The summed E-state index contributed by atoms with van der Waals surface area (Å²) in [7, 11) is 0. The molecule has 0 bridgehead atoms. The fourth-order valence-electron chi connectivity index (χ4n) is 3.38. The SMILES string of the molecule is C[C@H](NC(=O)[C@@H]1CS[C@H]2c3ccccc3C(=O)N12)c1ccccc1. The highest BCUT2D eigenvalue weighted by Gasteiger charge is 2.48. The van der Waals surface area contributed by atoms with Gasteiger partial charge in [0.25, 0.3) is 5.91 Å². The summed E-state index contributed by atoms with van der Waals surface area (Å²) in [4.78, 5) is 27.2. The Hall–Kier alpha value is -2.27. The van der Waals surface area contributed by atoms with Crippen LogP contribution in [0.2, 0.25) is 0 Å². The van der Waals surface area contributed by atoms with Crippen LogP contribution in [0.3, 0.4) is 0 Å². The fourth-order valence-corrected chi connectivity index (χ4v) is 4.84. The summed E-state index contributed by atoms with van der Waals surface area (Å²) in [5.74, 6) is 0.522. The van der Waals surface area contributed by atoms with Gasteiger partial charge >= 0.3 is 0 Å². The van der Waals surface area contributed by atoms with Gasteiger partial charge in [0.05, 0.1) is 6.04 Å². The molecule has 4 rings (SSSR count). The number of nitrogens with zero attached hydrogens (tertiary/aromatic N) is 1. The smallest absolute Gasteiger partial charge is 0.256 e. The maximum Gasteiger partial charge on any atom is 0.256 e. The number of carbonyl (C=O) groups is 2. The molecule has 0 unspecified atom stereocenters. The van der Waals surface area contributed by atoms with Gasteiger partial charge in [-0.15, -0.1) is 11.8 Å². The molecule has 3 atom stereocenters. The number of carbonyl (C=O) groups excluding carboxylic acids is 2. The minimum Gasteiger partial charge on any atom is -0.348 e. The summed E-state index contributed by atoms with van der Waals surface area (Å²) in [6, 6.07) is 17.0. The van der Waals surface area contributed by atoms with Gasteiger partial charge in [0, 0.05) is 11.3 Å². The van der Waals surface area contributed by atoms with Crippen molar-refractivity contribution in [2.75, 3.05) is 5.75 Å². The number of nitrogens with one attached hydrogen (secondary N) is 1. The minimum atomic E-state index is -0.411. The van der Waals surface area contributed by atoms with Crippen molar-refractivity contribution in [2.24, 2.45) is 0 Å². The highest BCUT2D eigenvalue weighted by atomic mass is 32.2. The molecule has 0 spiro atoms. The van der Waals surface area contributed by atoms with Gasteiger partial charge in [-0.25, -0.2) is 0 Å². The van der Waals surface area contributed by atoms with Crippen LogP contribution >= 0.6 is 11.8 Å². The van der Waals surface area contributed by atoms with Crippen molar-refractivity contribution in [1.82, 2.24) is 10.2 Å². The molecule has 122 valence electrons. The van der Waals surface area contributed by atoms with Gasteiger partial charge in [0.15, 0.2) is 0 Å². The van der Waals surface area contributed by atoms with Crippen molar-refractivity contribution in [3.8, 4) is 0 Å². The zero-order valence-electron chi connectivity index (χ0n) is 13.3. The highest BCUT2D eigenvalue weighted by molar-refractivity contribution is 7.99. The van der Waals surface area contributed by atoms with E-state index >= 15 is 0 Å². The summed E-state index contributed by atoms with van der Waals surface area (Å²) in [5.41, 5.74) is 2.81. The van der Waals surface area contributed by atoms with E-state index in [9.17, 15) is 9.59 Å². The molecule has 1 N–H and O–H groups in total. The first-order chi connectivity index (χ1) is 11.7. The molecule has 2 aromatic carbocycles. The van der Waals surface area contributed by atoms with Crippen LogP contribution in [0, 0.1) is 0 Å². The first kappa shape index (κ1) is 15.3. The molecule has 0 radical (unpaired) electrons. The number of rotatable bonds is 3. The molecule has 2 aromatic rings. The Labute approximate surface area is 145 Å². The van der Waals surface area contributed by atoms with Crippen LogP contribution in [0.4, 0.5) is 0 Å². The molecule has 2 aliphatic rings. The summed E-state index contributed by atoms with van der Waals surface area (Å²) in [6.07, 6.45) is 0. The van der Waals surface area contributed by atoms with Gasteiger partial charge in [-0.3, -0.25) is 9.59 Å². The molecule has 1 saturated heterocycles. The zero-order chi connectivity index (χ0) is 16.7. The summed E-state index contributed by atoms with van der Waals surface area (Å²) < 4.78 is 0. The van der Waals surface area contributed by atoms with E-state index in [4.69, 9.17) is 0 Å². The van der Waals surface area contributed by atoms with Gasteiger partial charge in [-0.2, -0.15) is 0 Å². The van der Waals surface area contributed by atoms with Crippen LogP contribution in [0.25, 0.3) is 0 Å². The third kappa shape index (κ3) is 2.40. The largest absolute Gasteiger partial charge is 0.348 e. The second-order valence-corrected chi connectivity index (χ2v) is 7.26. The van der Waals surface area contributed by atoms with Crippen molar-refractivity contribution >= 4 is 23.6 Å². The Bertz CT molecular complexity index is 793. The van der Waals surface area contributed by atoms with Crippen LogP contribution in [-0.4, -0.2) is 28.5 Å². The molecule has 2 amide bonds. The normalized spacial score (nSPS) is 22.9. The van der Waals surface area contributed by atoms with E-state index in [0.29, 0.717) is 5.75 Å². The van der Waals surface area contributed by atoms with E-state index < -0.39 is 6.04 Å². The van der Waals surface area contributed by atoms with Crippen molar-refractivity contribution < 1.29 is 9.59 Å². The molecule has 0 saturated carbocycles. The van der Waals surface area contributed by atoms with E-state index in [1.807, 2.05) is 61.5 Å². The van der Waals surface area contributed by atoms with Gasteiger partial charge in [-0.05, 0) is 24.1 Å². The predicted octanol–water partition coefficient (Wildman–Crippen LogP) is 3.13. The number of thioether (sulfide) groups is 1. The molecule has 2 heterocycles. The van der Waals surface area contributed by atoms with Crippen molar-refractivity contribution in [3.05, 3.63) is 71.3 Å². The van der Waals surface area contributed by atoms with Crippen LogP contribution in [0.5, 0.6) is 0 Å². The Morgan fingerprint density at radius 2 is 1.88 bits per heavy atom. The Morgan fingerprint density at radius 1 is 1.17 bits per heavy atom. The second-order valence-electron chi connectivity index (χ2n) is 6.14. The van der Waals surface area contributed by atoms with Crippen LogP contribution < -0.4 is 5.32 Å². The van der Waals surface area contributed by atoms with E-state index in [0.717, 1.165) is 16.7 Å². The van der Waals surface area contributed by atoms with E-state index in [1.54, 1.807) is 16.7 Å². The molecule has 2 aliphatic heterocycles. The van der Waals surface area contributed by atoms with Gasteiger partial charge in [-0.1, -0.05) is 48.5 Å². The summed E-state index contributed by atoms with van der Waals surface area (Å²) in [5, 5.41) is 3.02. The molecular weight excluding hydrogens is 320 g/mol. The third-order valence-electron chi connectivity index (χ3n) is 4.65. The average molecular weight is 338 g/mol. The van der Waals surface area contributed by atoms with Crippen molar-refractivity contribution in [1.29, 1.82) is 0 Å². The lowest BCUT2D eigenvalue weighted by Crippen LogP contribution is -2.46. The first-order valence-corrected chi connectivity index (χ1v) is 9.10. The van der Waals surface area contributed by atoms with E-state index in [-0.39, 0.29) is 23.2 Å². The molecule has 5 heteroatoms. The lowest BCUT2D eigenvalue weighted by Gasteiger charge is -2.24. The summed E-state index contributed by atoms with van der Waals surface area (Å²) >= 11 is 1.66. The molecule has 4 nitrogen and oxygen atoms in total. The summed E-state index contributed by atoms with van der Waals surface area (Å²) in [6.45, 7) is 1.97. The maximum atomic E-state index is 12.7. The zero-order valence-corrected chi connectivity index (χ0v) is 14.1. The van der Waals surface area contributed by atoms with Gasteiger partial charge < -0.3 is 10.2 Å². The third-order valence-corrected chi connectivity index (χ3v) is 5.96. The standard InChI is InChI=1S/C19H18N2O2S/c1-12(13-7-3-2-4-8-13)20-17(22)16-11-24-19-15-10-6-5-9-14(15)18(23)21(16)19/h2-10,12,16,19H,11H2,1H3,(H,20,22)/t12-,16-,19-/m0/s1. The van der Waals surface area contributed by atoms with Crippen molar-refractivity contribution in [3.63, 3.8) is 0 Å². The average Bonchev–Trinajstić information content (AvgIpc) is 3.17.